The predicted octanol–water partition coefficient (Wildman–Crippen LogP) is -0.642. The summed E-state index contributed by atoms with van der Waals surface area (Å²) < 4.78 is 11.4. The maximum absolute atomic E-state index is 10.6. The van der Waals surface area contributed by atoms with Gasteiger partial charge < -0.3 is 0 Å². The molecule has 0 bridgehead atoms. The van der Waals surface area contributed by atoms with Crippen LogP contribution in [0.3, 0.4) is 0 Å². The fourth-order valence-corrected chi connectivity index (χ4v) is 1.57. The van der Waals surface area contributed by atoms with Crippen molar-refractivity contribution in [3.8, 4) is 0 Å². The molecule has 1 aromatic carbocycles. The molecule has 1 amide bonds. The summed E-state index contributed by atoms with van der Waals surface area (Å²) in [6, 6.07) is 7.43. The van der Waals surface area contributed by atoms with Gasteiger partial charge in [0.15, 0.2) is 0 Å². The first-order valence-electron chi connectivity index (χ1n) is 4.13. The molecule has 0 aliphatic rings. The number of nitrogens with two attached hydrogens (primary N) is 1. The summed E-state index contributed by atoms with van der Waals surface area (Å²) in [6.07, 6.45) is 0. The van der Waals surface area contributed by atoms with E-state index in [1.54, 1.807) is 0 Å². The number of benzene rings is 1. The van der Waals surface area contributed by atoms with Crippen molar-refractivity contribution in [3.63, 3.8) is 0 Å². The average Bonchev–Trinajstić information content (AvgIpc) is 2.18. The molecule has 0 aliphatic carbocycles. The van der Waals surface area contributed by atoms with Gasteiger partial charge in [0, 0.05) is 0 Å². The first-order chi connectivity index (χ1) is 6.72. The number of primary amides is 1. The van der Waals surface area contributed by atoms with Crippen LogP contribution in [0.1, 0.15) is 5.56 Å². The van der Waals surface area contributed by atoms with Crippen LogP contribution < -0.4 is 15.4 Å². The van der Waals surface area contributed by atoms with Gasteiger partial charge in [0.25, 0.3) is 0 Å². The van der Waals surface area contributed by atoms with Gasteiger partial charge in [0.2, 0.25) is 0 Å². The third kappa shape index (κ3) is 5.67. The van der Waals surface area contributed by atoms with E-state index in [1.165, 1.54) is 0 Å². The minimum absolute atomic E-state index is 0. The van der Waals surface area contributed by atoms with Crippen molar-refractivity contribution in [1.29, 1.82) is 0 Å². The number of rotatable bonds is 5. The summed E-state index contributed by atoms with van der Waals surface area (Å²) in [6.45, 7) is 0.772. The molecule has 0 saturated heterocycles. The summed E-state index contributed by atoms with van der Waals surface area (Å²) in [4.78, 5) is 10.4. The van der Waals surface area contributed by atoms with E-state index in [0.717, 1.165) is 9.91 Å². The van der Waals surface area contributed by atoms with Crippen LogP contribution >= 0.6 is 12.4 Å². The quantitative estimate of drug-likeness (QED) is 0.709. The Labute approximate surface area is 101 Å². The van der Waals surface area contributed by atoms with Gasteiger partial charge in [-0.3, -0.25) is 0 Å². The van der Waals surface area contributed by atoms with Crippen LogP contribution in [-0.2, 0) is 15.1 Å². The molecule has 0 fully saturated rings. The fourth-order valence-electron chi connectivity index (χ4n) is 1.00. The second-order valence-electron chi connectivity index (χ2n) is 2.83. The third-order valence-corrected chi connectivity index (χ3v) is 2.74. The number of carbonyl (C=O) groups is 1. The van der Waals surface area contributed by atoms with Gasteiger partial charge in [-0.1, -0.05) is 0 Å². The SMILES string of the molecule is Cl.NC(=O)CNCc1ccc([As]=O)cc1. The predicted molar refractivity (Wildman–Crippen MR) is 60.7 cm³/mol. The summed E-state index contributed by atoms with van der Waals surface area (Å²) in [5.74, 6) is -0.369. The van der Waals surface area contributed by atoms with E-state index in [1.807, 2.05) is 24.3 Å². The van der Waals surface area contributed by atoms with Gasteiger partial charge in [-0.05, 0) is 0 Å². The topological polar surface area (TPSA) is 72.2 Å². The monoisotopic (exact) mass is 290 g/mol. The number of halogens is 1. The van der Waals surface area contributed by atoms with Crippen molar-refractivity contribution in [2.45, 2.75) is 6.54 Å². The third-order valence-electron chi connectivity index (χ3n) is 1.67. The summed E-state index contributed by atoms with van der Waals surface area (Å²) >= 11 is -0.943. The molecule has 3 N–H and O–H groups in total. The molecule has 1 rings (SSSR count). The van der Waals surface area contributed by atoms with Crippen molar-refractivity contribution >= 4 is 38.4 Å². The number of carbonyl (C=O) groups excluding carboxylic acids is 1. The molecular formula is C9H12AsClN2O2. The van der Waals surface area contributed by atoms with Crippen LogP contribution in [0.15, 0.2) is 24.3 Å². The van der Waals surface area contributed by atoms with Crippen LogP contribution in [0, 0.1) is 0 Å². The normalized spacial score (nSPS) is 9.60. The summed E-state index contributed by atoms with van der Waals surface area (Å²) in [7, 11) is 0. The number of amides is 1. The van der Waals surface area contributed by atoms with E-state index in [4.69, 9.17) is 5.73 Å². The Balaban J connectivity index is 0.00000196. The minimum atomic E-state index is -0.943. The second-order valence-corrected chi connectivity index (χ2v) is 4.29. The van der Waals surface area contributed by atoms with Crippen LogP contribution in [0.25, 0.3) is 0 Å². The molecule has 0 unspecified atom stereocenters. The molecule has 0 aliphatic heterocycles. The van der Waals surface area contributed by atoms with Crippen molar-refractivity contribution in [1.82, 2.24) is 5.32 Å². The maximum atomic E-state index is 10.6. The van der Waals surface area contributed by atoms with Crippen molar-refractivity contribution in [2.24, 2.45) is 5.73 Å². The van der Waals surface area contributed by atoms with Crippen LogP contribution in [0.4, 0.5) is 0 Å². The number of hydrogen-bond donors (Lipinski definition) is 2. The average molecular weight is 291 g/mol. The van der Waals surface area contributed by atoms with E-state index < -0.39 is 15.7 Å². The molecule has 1 aromatic rings. The molecule has 0 aromatic heterocycles. The Hall–Kier alpha value is -0.702. The second kappa shape index (κ2) is 7.57. The van der Waals surface area contributed by atoms with E-state index >= 15 is 0 Å². The van der Waals surface area contributed by atoms with Gasteiger partial charge in [-0.15, -0.1) is 12.4 Å². The van der Waals surface area contributed by atoms with E-state index in [2.05, 4.69) is 5.32 Å². The number of hydrogen-bond acceptors (Lipinski definition) is 3. The van der Waals surface area contributed by atoms with Gasteiger partial charge in [0.1, 0.15) is 0 Å². The fraction of sp³-hybridized carbons (Fsp3) is 0.222. The van der Waals surface area contributed by atoms with E-state index in [0.29, 0.717) is 6.54 Å². The van der Waals surface area contributed by atoms with Crippen LogP contribution in [0.2, 0.25) is 0 Å². The van der Waals surface area contributed by atoms with Crippen molar-refractivity contribution < 1.29 is 8.53 Å². The standard InChI is InChI=1S/C9H11AsN2O2.ClH/c11-9(13)6-12-5-7-1-3-8(10-14)4-2-7;/h1-4,12H,5-6H2,(H2,11,13);1H. The molecule has 0 saturated carbocycles. The van der Waals surface area contributed by atoms with Crippen LogP contribution in [-0.4, -0.2) is 28.1 Å². The molecule has 0 radical (unpaired) electrons. The van der Waals surface area contributed by atoms with Gasteiger partial charge in [-0.2, -0.15) is 0 Å². The van der Waals surface area contributed by atoms with Gasteiger partial charge in [-0.25, -0.2) is 0 Å². The Morgan fingerprint density at radius 2 is 1.93 bits per heavy atom. The molecular weight excluding hydrogens is 278 g/mol. The van der Waals surface area contributed by atoms with Crippen LogP contribution in [0.5, 0.6) is 0 Å². The Morgan fingerprint density at radius 1 is 1.33 bits per heavy atom. The Morgan fingerprint density at radius 3 is 2.40 bits per heavy atom. The zero-order valence-corrected chi connectivity index (χ0v) is 10.7. The van der Waals surface area contributed by atoms with E-state index in [-0.39, 0.29) is 24.9 Å². The Bertz CT molecular complexity index is 329. The number of nitrogens with one attached hydrogen (secondary N) is 1. The summed E-state index contributed by atoms with van der Waals surface area (Å²) in [5.41, 5.74) is 6.01. The zero-order chi connectivity index (χ0) is 10.4. The first kappa shape index (κ1) is 14.3. The molecule has 82 valence electrons. The van der Waals surface area contributed by atoms with Gasteiger partial charge in [0.05, 0.1) is 0 Å². The molecule has 15 heavy (non-hydrogen) atoms. The molecule has 0 spiro atoms. The molecule has 4 nitrogen and oxygen atoms in total. The van der Waals surface area contributed by atoms with Crippen molar-refractivity contribution in [3.05, 3.63) is 29.8 Å². The van der Waals surface area contributed by atoms with Crippen molar-refractivity contribution in [2.75, 3.05) is 6.54 Å². The molecule has 0 atom stereocenters. The van der Waals surface area contributed by atoms with Gasteiger partial charge >= 0.3 is 88.5 Å². The Kier molecular flexibility index (Phi) is 7.22. The molecule has 6 heteroatoms. The molecule has 0 heterocycles. The zero-order valence-electron chi connectivity index (χ0n) is 7.97. The first-order valence-corrected chi connectivity index (χ1v) is 5.84. The van der Waals surface area contributed by atoms with E-state index in [9.17, 15) is 8.53 Å². The summed E-state index contributed by atoms with van der Waals surface area (Å²) in [5, 5.41) is 2.89.